The Kier molecular flexibility index (Phi) is 2.32. The van der Waals surface area contributed by atoms with Crippen molar-refractivity contribution < 1.29 is 8.78 Å². The molecule has 2 rings (SSSR count). The molecule has 0 saturated heterocycles. The molecule has 15 heavy (non-hydrogen) atoms. The maximum atomic E-state index is 13.3. The monoisotopic (exact) mass is 229 g/mol. The van der Waals surface area contributed by atoms with E-state index in [0.29, 0.717) is 0 Å². The predicted molar refractivity (Wildman–Crippen MR) is 53.4 cm³/mol. The van der Waals surface area contributed by atoms with E-state index in [9.17, 15) is 8.78 Å². The average molecular weight is 230 g/mol. The first kappa shape index (κ1) is 9.92. The smallest absolute Gasteiger partial charge is 0.164 e. The van der Waals surface area contributed by atoms with Gasteiger partial charge in [-0.25, -0.2) is 8.78 Å². The van der Waals surface area contributed by atoms with Gasteiger partial charge in [-0.15, -0.1) is 0 Å². The standard InChI is InChI=1S/C9H6ClF2N3/c10-7-8(14-15-9(7)13)6-4(11)2-1-3-5(6)12/h1-3H,(H3,13,14,15). The molecule has 0 aliphatic heterocycles. The molecular formula is C9H6ClF2N3. The zero-order chi connectivity index (χ0) is 11.0. The van der Waals surface area contributed by atoms with Crippen molar-refractivity contribution in [1.29, 1.82) is 0 Å². The lowest BCUT2D eigenvalue weighted by Gasteiger charge is -2.01. The normalized spacial score (nSPS) is 10.6. The minimum absolute atomic E-state index is 0.00863. The van der Waals surface area contributed by atoms with Crippen molar-refractivity contribution in [2.24, 2.45) is 0 Å². The molecule has 3 N–H and O–H groups in total. The average Bonchev–Trinajstić information content (AvgIpc) is 2.49. The van der Waals surface area contributed by atoms with E-state index in [2.05, 4.69) is 10.2 Å². The molecule has 0 saturated carbocycles. The summed E-state index contributed by atoms with van der Waals surface area (Å²) >= 11 is 5.74. The lowest BCUT2D eigenvalue weighted by Crippen LogP contribution is -1.90. The number of nitrogen functional groups attached to an aromatic ring is 1. The van der Waals surface area contributed by atoms with E-state index in [1.54, 1.807) is 0 Å². The highest BCUT2D eigenvalue weighted by Crippen LogP contribution is 2.32. The highest BCUT2D eigenvalue weighted by Gasteiger charge is 2.17. The summed E-state index contributed by atoms with van der Waals surface area (Å²) in [6.45, 7) is 0. The van der Waals surface area contributed by atoms with Crippen molar-refractivity contribution in [3.63, 3.8) is 0 Å². The summed E-state index contributed by atoms with van der Waals surface area (Å²) in [5.41, 5.74) is 5.15. The summed E-state index contributed by atoms with van der Waals surface area (Å²) in [5.74, 6) is -1.43. The van der Waals surface area contributed by atoms with Crippen molar-refractivity contribution >= 4 is 17.4 Å². The van der Waals surface area contributed by atoms with Crippen LogP contribution in [0.25, 0.3) is 11.3 Å². The Balaban J connectivity index is 2.69. The second-order valence-corrected chi connectivity index (χ2v) is 3.27. The van der Waals surface area contributed by atoms with E-state index < -0.39 is 11.6 Å². The number of rotatable bonds is 1. The third-order valence-electron chi connectivity index (χ3n) is 1.95. The molecule has 0 aliphatic rings. The summed E-state index contributed by atoms with van der Waals surface area (Å²) in [6, 6.07) is 3.53. The third kappa shape index (κ3) is 1.55. The van der Waals surface area contributed by atoms with Crippen LogP contribution in [0, 0.1) is 11.6 Å². The van der Waals surface area contributed by atoms with Gasteiger partial charge in [0.1, 0.15) is 16.7 Å². The fourth-order valence-electron chi connectivity index (χ4n) is 1.24. The molecule has 1 heterocycles. The van der Waals surface area contributed by atoms with Crippen LogP contribution < -0.4 is 5.73 Å². The van der Waals surface area contributed by atoms with Crippen molar-refractivity contribution in [3.8, 4) is 11.3 Å². The van der Waals surface area contributed by atoms with E-state index in [0.717, 1.165) is 12.1 Å². The molecule has 1 aromatic carbocycles. The van der Waals surface area contributed by atoms with Gasteiger partial charge in [0.2, 0.25) is 0 Å². The minimum atomic E-state index is -0.722. The first-order valence-electron chi connectivity index (χ1n) is 4.05. The Bertz CT molecular complexity index is 490. The van der Waals surface area contributed by atoms with Gasteiger partial charge in [0.15, 0.2) is 5.82 Å². The summed E-state index contributed by atoms with van der Waals surface area (Å²) in [5, 5.41) is 5.96. The van der Waals surface area contributed by atoms with Crippen LogP contribution >= 0.6 is 11.6 Å². The molecule has 0 amide bonds. The number of hydrogen-bond acceptors (Lipinski definition) is 2. The number of nitrogens with two attached hydrogens (primary N) is 1. The fourth-order valence-corrected chi connectivity index (χ4v) is 1.42. The lowest BCUT2D eigenvalue weighted by atomic mass is 10.1. The molecule has 78 valence electrons. The topological polar surface area (TPSA) is 54.7 Å². The van der Waals surface area contributed by atoms with Gasteiger partial charge in [-0.1, -0.05) is 17.7 Å². The molecule has 0 spiro atoms. The summed E-state index contributed by atoms with van der Waals surface area (Å²) < 4.78 is 26.7. The molecule has 0 unspecified atom stereocenters. The third-order valence-corrected chi connectivity index (χ3v) is 2.33. The second-order valence-electron chi connectivity index (χ2n) is 2.89. The minimum Gasteiger partial charge on any atom is -0.381 e. The molecule has 0 atom stereocenters. The number of H-pyrrole nitrogens is 1. The molecule has 0 radical (unpaired) electrons. The molecule has 6 heteroatoms. The number of nitrogens with zero attached hydrogens (tertiary/aromatic N) is 1. The van der Waals surface area contributed by atoms with Crippen LogP contribution in [0.2, 0.25) is 5.02 Å². The van der Waals surface area contributed by atoms with Gasteiger partial charge in [0, 0.05) is 0 Å². The second kappa shape index (κ2) is 3.51. The largest absolute Gasteiger partial charge is 0.381 e. The molecule has 2 aromatic rings. The first-order chi connectivity index (χ1) is 7.11. The zero-order valence-electron chi connectivity index (χ0n) is 7.39. The van der Waals surface area contributed by atoms with Gasteiger partial charge in [-0.2, -0.15) is 5.10 Å². The van der Waals surface area contributed by atoms with Gasteiger partial charge in [0.25, 0.3) is 0 Å². The van der Waals surface area contributed by atoms with Gasteiger partial charge >= 0.3 is 0 Å². The van der Waals surface area contributed by atoms with E-state index in [-0.39, 0.29) is 22.1 Å². The fraction of sp³-hybridized carbons (Fsp3) is 0. The van der Waals surface area contributed by atoms with Crippen molar-refractivity contribution in [3.05, 3.63) is 34.9 Å². The van der Waals surface area contributed by atoms with Crippen LogP contribution in [-0.4, -0.2) is 10.2 Å². The maximum absolute atomic E-state index is 13.3. The van der Waals surface area contributed by atoms with E-state index >= 15 is 0 Å². The van der Waals surface area contributed by atoms with E-state index in [4.69, 9.17) is 17.3 Å². The lowest BCUT2D eigenvalue weighted by molar-refractivity contribution is 0.588. The number of aromatic nitrogens is 2. The summed E-state index contributed by atoms with van der Waals surface area (Å²) in [6.07, 6.45) is 0. The van der Waals surface area contributed by atoms with Crippen molar-refractivity contribution in [1.82, 2.24) is 10.2 Å². The van der Waals surface area contributed by atoms with Gasteiger partial charge < -0.3 is 5.73 Å². The molecular weight excluding hydrogens is 224 g/mol. The summed E-state index contributed by atoms with van der Waals surface area (Å²) in [4.78, 5) is 0. The molecule has 3 nitrogen and oxygen atoms in total. The van der Waals surface area contributed by atoms with E-state index in [1.807, 2.05) is 0 Å². The van der Waals surface area contributed by atoms with Crippen LogP contribution in [0.5, 0.6) is 0 Å². The quantitative estimate of drug-likeness (QED) is 0.790. The molecule has 0 aliphatic carbocycles. The SMILES string of the molecule is Nc1n[nH]c(-c2c(F)cccc2F)c1Cl. The van der Waals surface area contributed by atoms with E-state index in [1.165, 1.54) is 6.07 Å². The number of aromatic amines is 1. The highest BCUT2D eigenvalue weighted by molar-refractivity contribution is 6.35. The summed E-state index contributed by atoms with van der Waals surface area (Å²) in [7, 11) is 0. The van der Waals surface area contributed by atoms with Crippen LogP contribution in [0.3, 0.4) is 0 Å². The van der Waals surface area contributed by atoms with Crippen LogP contribution in [-0.2, 0) is 0 Å². The first-order valence-corrected chi connectivity index (χ1v) is 4.42. The van der Waals surface area contributed by atoms with Crippen LogP contribution in [0.15, 0.2) is 18.2 Å². The van der Waals surface area contributed by atoms with Gasteiger partial charge in [0.05, 0.1) is 11.3 Å². The van der Waals surface area contributed by atoms with Gasteiger partial charge in [-0.05, 0) is 12.1 Å². The predicted octanol–water partition coefficient (Wildman–Crippen LogP) is 2.59. The van der Waals surface area contributed by atoms with Crippen molar-refractivity contribution in [2.75, 3.05) is 5.73 Å². The number of benzene rings is 1. The Morgan fingerprint density at radius 3 is 2.33 bits per heavy atom. The number of halogens is 3. The highest BCUT2D eigenvalue weighted by atomic mass is 35.5. The van der Waals surface area contributed by atoms with Crippen molar-refractivity contribution in [2.45, 2.75) is 0 Å². The molecule has 1 aromatic heterocycles. The zero-order valence-corrected chi connectivity index (χ0v) is 8.15. The molecule has 0 bridgehead atoms. The van der Waals surface area contributed by atoms with Crippen LogP contribution in [0.1, 0.15) is 0 Å². The van der Waals surface area contributed by atoms with Gasteiger partial charge in [-0.3, -0.25) is 5.10 Å². The Morgan fingerprint density at radius 2 is 1.87 bits per heavy atom. The number of nitrogens with one attached hydrogen (secondary N) is 1. The van der Waals surface area contributed by atoms with Crippen LogP contribution in [0.4, 0.5) is 14.6 Å². The number of anilines is 1. The Labute approximate surface area is 88.9 Å². The maximum Gasteiger partial charge on any atom is 0.164 e. The number of hydrogen-bond donors (Lipinski definition) is 2. The Hall–Kier alpha value is -1.62. The Morgan fingerprint density at radius 1 is 1.27 bits per heavy atom. The molecule has 0 fully saturated rings.